The minimum absolute atomic E-state index is 0.0581. The van der Waals surface area contributed by atoms with Crippen molar-refractivity contribution in [2.45, 2.75) is 53.1 Å². The normalized spacial score (nSPS) is 21.8. The van der Waals surface area contributed by atoms with Gasteiger partial charge in [0.1, 0.15) is 0 Å². The van der Waals surface area contributed by atoms with Crippen LogP contribution in [0.1, 0.15) is 47.0 Å². The molecule has 1 aliphatic heterocycles. The third-order valence-corrected chi connectivity index (χ3v) is 5.01. The van der Waals surface area contributed by atoms with Gasteiger partial charge in [-0.25, -0.2) is 4.79 Å². The maximum Gasteiger partial charge on any atom is 0.410 e. The highest BCUT2D eigenvalue weighted by Gasteiger charge is 2.26. The van der Waals surface area contributed by atoms with E-state index in [4.69, 9.17) is 4.74 Å². The van der Waals surface area contributed by atoms with Crippen molar-refractivity contribution in [3.05, 3.63) is 47.6 Å². The summed E-state index contributed by atoms with van der Waals surface area (Å²) in [6.45, 7) is 12.5. The summed E-state index contributed by atoms with van der Waals surface area (Å²) in [4.78, 5) is 16.4. The molecule has 2 rings (SSSR count). The fourth-order valence-corrected chi connectivity index (χ4v) is 3.63. The van der Waals surface area contributed by atoms with Crippen LogP contribution in [0.2, 0.25) is 0 Å². The molecule has 1 fully saturated rings. The van der Waals surface area contributed by atoms with E-state index in [9.17, 15) is 4.79 Å². The number of rotatable bonds is 7. The summed E-state index contributed by atoms with van der Waals surface area (Å²) in [6, 6.07) is 0. The van der Waals surface area contributed by atoms with Crippen LogP contribution in [-0.4, -0.2) is 54.7 Å². The van der Waals surface area contributed by atoms with Crippen molar-refractivity contribution in [1.29, 1.82) is 0 Å². The van der Waals surface area contributed by atoms with E-state index in [0.29, 0.717) is 5.92 Å². The number of allylic oxidation sites excluding steroid dienone is 7. The lowest BCUT2D eigenvalue weighted by atomic mass is 9.85. The zero-order valence-corrected chi connectivity index (χ0v) is 17.5. The maximum absolute atomic E-state index is 12.1. The van der Waals surface area contributed by atoms with Gasteiger partial charge in [0, 0.05) is 38.6 Å². The van der Waals surface area contributed by atoms with Crippen molar-refractivity contribution in [2.24, 2.45) is 5.92 Å². The van der Waals surface area contributed by atoms with Crippen molar-refractivity contribution in [1.82, 2.24) is 9.80 Å². The van der Waals surface area contributed by atoms with E-state index in [1.165, 1.54) is 11.1 Å². The lowest BCUT2D eigenvalue weighted by molar-refractivity contribution is 0.0553. The second-order valence-corrected chi connectivity index (χ2v) is 7.58. The first-order valence-corrected chi connectivity index (χ1v) is 10.5. The van der Waals surface area contributed by atoms with Crippen molar-refractivity contribution >= 4 is 6.09 Å². The van der Waals surface area contributed by atoms with Crippen LogP contribution in [0.4, 0.5) is 4.79 Å². The van der Waals surface area contributed by atoms with Gasteiger partial charge in [-0.3, -0.25) is 4.90 Å². The Labute approximate surface area is 165 Å². The molecule has 1 atom stereocenters. The van der Waals surface area contributed by atoms with Crippen LogP contribution in [0.15, 0.2) is 47.6 Å². The van der Waals surface area contributed by atoms with E-state index in [-0.39, 0.29) is 12.2 Å². The minimum Gasteiger partial charge on any atom is -0.447 e. The number of carbonyl (C=O) groups excluding carboxylic acids is 1. The molecular formula is C23H36N2O2. The quantitative estimate of drug-likeness (QED) is 0.593. The molecule has 0 aromatic heterocycles. The molecule has 27 heavy (non-hydrogen) atoms. The van der Waals surface area contributed by atoms with Crippen molar-refractivity contribution in [3.8, 4) is 0 Å². The summed E-state index contributed by atoms with van der Waals surface area (Å²) in [7, 11) is 0. The Balaban J connectivity index is 1.95. The molecule has 150 valence electrons. The standard InChI is InChI=1S/C23H36N2O2/c1-5-7-11-20(10-6-2)22-13-9-8-12-21(22)18-24-14-16-25(17-15-24)23(26)27-19(3)4/h7-11,13,19,21H,5-6,12,14-18H2,1-4H3. The molecular weight excluding hydrogens is 336 g/mol. The number of ether oxygens (including phenoxy) is 1. The molecule has 1 heterocycles. The summed E-state index contributed by atoms with van der Waals surface area (Å²) < 4.78 is 5.32. The predicted octanol–water partition coefficient (Wildman–Crippen LogP) is 4.95. The van der Waals surface area contributed by atoms with Gasteiger partial charge in [0.25, 0.3) is 0 Å². The number of hydrogen-bond donors (Lipinski definition) is 0. The molecule has 1 unspecified atom stereocenters. The van der Waals surface area contributed by atoms with Crippen LogP contribution in [0.3, 0.4) is 0 Å². The Hall–Kier alpha value is -1.81. The lowest BCUT2D eigenvalue weighted by Crippen LogP contribution is -2.50. The third kappa shape index (κ3) is 6.69. The highest BCUT2D eigenvalue weighted by Crippen LogP contribution is 2.29. The Kier molecular flexibility index (Phi) is 8.86. The van der Waals surface area contributed by atoms with Gasteiger partial charge in [-0.2, -0.15) is 0 Å². The Morgan fingerprint density at radius 3 is 2.59 bits per heavy atom. The second-order valence-electron chi connectivity index (χ2n) is 7.58. The molecule has 0 spiro atoms. The second kappa shape index (κ2) is 11.1. The molecule has 0 bridgehead atoms. The van der Waals surface area contributed by atoms with Gasteiger partial charge in [-0.15, -0.1) is 0 Å². The molecule has 1 saturated heterocycles. The minimum atomic E-state index is -0.177. The van der Waals surface area contributed by atoms with Gasteiger partial charge in [0.15, 0.2) is 0 Å². The van der Waals surface area contributed by atoms with Crippen molar-refractivity contribution in [2.75, 3.05) is 32.7 Å². The van der Waals surface area contributed by atoms with E-state index in [0.717, 1.165) is 52.0 Å². The highest BCUT2D eigenvalue weighted by atomic mass is 16.6. The predicted molar refractivity (Wildman–Crippen MR) is 113 cm³/mol. The summed E-state index contributed by atoms with van der Waals surface area (Å²) in [5.74, 6) is 0.517. The number of piperazine rings is 1. The van der Waals surface area contributed by atoms with Crippen LogP contribution < -0.4 is 0 Å². The molecule has 0 N–H and O–H groups in total. The van der Waals surface area contributed by atoms with E-state index >= 15 is 0 Å². The largest absolute Gasteiger partial charge is 0.447 e. The fourth-order valence-electron chi connectivity index (χ4n) is 3.63. The number of nitrogens with zero attached hydrogens (tertiary/aromatic N) is 2. The molecule has 2 aliphatic rings. The van der Waals surface area contributed by atoms with Gasteiger partial charge in [-0.1, -0.05) is 50.3 Å². The molecule has 1 aliphatic carbocycles. The van der Waals surface area contributed by atoms with Crippen LogP contribution in [0.5, 0.6) is 0 Å². The molecule has 4 heteroatoms. The maximum atomic E-state index is 12.1. The van der Waals surface area contributed by atoms with Crippen LogP contribution in [0.25, 0.3) is 0 Å². The summed E-state index contributed by atoms with van der Waals surface area (Å²) in [5.41, 5.74) is 2.82. The zero-order chi connectivity index (χ0) is 19.6. The number of carbonyl (C=O) groups is 1. The van der Waals surface area contributed by atoms with Gasteiger partial charge in [0.05, 0.1) is 6.10 Å². The van der Waals surface area contributed by atoms with Crippen molar-refractivity contribution < 1.29 is 9.53 Å². The van der Waals surface area contributed by atoms with Gasteiger partial charge in [-0.05, 0) is 44.3 Å². The van der Waals surface area contributed by atoms with Crippen LogP contribution >= 0.6 is 0 Å². The van der Waals surface area contributed by atoms with E-state index in [1.807, 2.05) is 18.7 Å². The number of amides is 1. The molecule has 0 saturated carbocycles. The Morgan fingerprint density at radius 1 is 1.22 bits per heavy atom. The summed E-state index contributed by atoms with van der Waals surface area (Å²) in [6.07, 6.45) is 16.6. The molecule has 0 radical (unpaired) electrons. The van der Waals surface area contributed by atoms with E-state index < -0.39 is 0 Å². The average molecular weight is 373 g/mol. The van der Waals surface area contributed by atoms with Gasteiger partial charge >= 0.3 is 6.09 Å². The van der Waals surface area contributed by atoms with Crippen LogP contribution in [0, 0.1) is 5.92 Å². The topological polar surface area (TPSA) is 32.8 Å². The SMILES string of the molecule is CCC=CC(=CCC)C1=CC=CCC1CN1CCN(C(=O)OC(C)C)CC1. The Bertz CT molecular complexity index is 593. The summed E-state index contributed by atoms with van der Waals surface area (Å²) >= 11 is 0. The first-order valence-electron chi connectivity index (χ1n) is 10.5. The van der Waals surface area contributed by atoms with Gasteiger partial charge < -0.3 is 9.64 Å². The molecule has 1 amide bonds. The Morgan fingerprint density at radius 2 is 1.96 bits per heavy atom. The third-order valence-electron chi connectivity index (χ3n) is 5.01. The summed E-state index contributed by atoms with van der Waals surface area (Å²) in [5, 5.41) is 0. The zero-order valence-electron chi connectivity index (χ0n) is 17.5. The van der Waals surface area contributed by atoms with Crippen LogP contribution in [-0.2, 0) is 4.74 Å². The van der Waals surface area contributed by atoms with Crippen molar-refractivity contribution in [3.63, 3.8) is 0 Å². The molecule has 4 nitrogen and oxygen atoms in total. The highest BCUT2D eigenvalue weighted by molar-refractivity contribution is 5.67. The number of hydrogen-bond acceptors (Lipinski definition) is 3. The molecule has 0 aromatic rings. The average Bonchev–Trinajstić information content (AvgIpc) is 2.66. The first-order chi connectivity index (χ1) is 13.0. The monoisotopic (exact) mass is 372 g/mol. The van der Waals surface area contributed by atoms with E-state index in [1.54, 1.807) is 0 Å². The van der Waals surface area contributed by atoms with Gasteiger partial charge in [0.2, 0.25) is 0 Å². The fraction of sp³-hybridized carbons (Fsp3) is 0.609. The first kappa shape index (κ1) is 21.5. The molecule has 0 aromatic carbocycles. The lowest BCUT2D eigenvalue weighted by Gasteiger charge is -2.37. The van der Waals surface area contributed by atoms with E-state index in [2.05, 4.69) is 55.2 Å². The smallest absolute Gasteiger partial charge is 0.410 e.